The first-order chi connectivity index (χ1) is 11.1. The number of hydrogen-bond acceptors (Lipinski definition) is 3. The van der Waals surface area contributed by atoms with Crippen LogP contribution in [0, 0.1) is 0 Å². The number of esters is 1. The summed E-state index contributed by atoms with van der Waals surface area (Å²) in [7, 11) is 0. The van der Waals surface area contributed by atoms with E-state index in [9.17, 15) is 9.59 Å². The first-order valence-corrected chi connectivity index (χ1v) is 8.14. The van der Waals surface area contributed by atoms with Crippen molar-refractivity contribution in [1.29, 1.82) is 0 Å². The Kier molecular flexibility index (Phi) is 6.35. The Morgan fingerprint density at radius 2 is 1.83 bits per heavy atom. The summed E-state index contributed by atoms with van der Waals surface area (Å²) < 4.78 is 5.90. The summed E-state index contributed by atoms with van der Waals surface area (Å²) in [6.45, 7) is 2.70. The van der Waals surface area contributed by atoms with Gasteiger partial charge in [-0.15, -0.1) is 0 Å². The van der Waals surface area contributed by atoms with Crippen molar-refractivity contribution in [2.75, 3.05) is 13.2 Å². The largest absolute Gasteiger partial charge is 0.452 e. The minimum absolute atomic E-state index is 0.209. The number of carbonyl (C=O) groups excluding carboxylic acids is 2. The molecular formula is C18H18BrNO3. The number of likely N-dealkylation sites (N-methyl/N-ethyl adjacent to an activating group) is 1. The lowest BCUT2D eigenvalue weighted by molar-refractivity contribution is -0.134. The molecule has 5 heteroatoms. The van der Waals surface area contributed by atoms with E-state index in [1.807, 2.05) is 43.3 Å². The number of hydrogen-bond donors (Lipinski definition) is 0. The molecule has 1 amide bonds. The highest BCUT2D eigenvalue weighted by molar-refractivity contribution is 9.10. The van der Waals surface area contributed by atoms with Gasteiger partial charge in [0.2, 0.25) is 0 Å². The molecule has 120 valence electrons. The number of nitrogens with zero attached hydrogens (tertiary/aromatic N) is 1. The minimum Gasteiger partial charge on any atom is -0.452 e. The number of rotatable bonds is 6. The quantitative estimate of drug-likeness (QED) is 0.723. The summed E-state index contributed by atoms with van der Waals surface area (Å²) in [5, 5.41) is 0. The topological polar surface area (TPSA) is 46.6 Å². The number of amides is 1. The average molecular weight is 376 g/mol. The number of halogens is 1. The number of benzene rings is 2. The molecule has 23 heavy (non-hydrogen) atoms. The molecule has 2 aromatic rings. The molecule has 0 saturated heterocycles. The van der Waals surface area contributed by atoms with Crippen LogP contribution in [0.3, 0.4) is 0 Å². The molecule has 0 unspecified atom stereocenters. The molecule has 0 heterocycles. The molecule has 0 aromatic heterocycles. The number of ether oxygens (including phenoxy) is 1. The lowest BCUT2D eigenvalue weighted by atomic mass is 10.2. The molecule has 0 bridgehead atoms. The van der Waals surface area contributed by atoms with E-state index in [0.717, 1.165) is 10.0 Å². The Bertz CT molecular complexity index is 673. The van der Waals surface area contributed by atoms with Crippen LogP contribution >= 0.6 is 15.9 Å². The average Bonchev–Trinajstić information content (AvgIpc) is 2.58. The predicted octanol–water partition coefficient (Wildman–Crippen LogP) is 3.65. The Morgan fingerprint density at radius 3 is 2.48 bits per heavy atom. The normalized spacial score (nSPS) is 10.2. The Labute approximate surface area is 144 Å². The van der Waals surface area contributed by atoms with E-state index in [1.54, 1.807) is 23.1 Å². The molecule has 0 spiro atoms. The summed E-state index contributed by atoms with van der Waals surface area (Å²) in [4.78, 5) is 25.8. The predicted molar refractivity (Wildman–Crippen MR) is 92.0 cm³/mol. The van der Waals surface area contributed by atoms with E-state index in [2.05, 4.69) is 15.9 Å². The van der Waals surface area contributed by atoms with E-state index < -0.39 is 5.97 Å². The molecule has 0 aliphatic heterocycles. The van der Waals surface area contributed by atoms with Crippen LogP contribution in [0.2, 0.25) is 0 Å². The van der Waals surface area contributed by atoms with Gasteiger partial charge in [0.05, 0.1) is 5.56 Å². The van der Waals surface area contributed by atoms with Gasteiger partial charge in [-0.3, -0.25) is 4.79 Å². The fraction of sp³-hybridized carbons (Fsp3) is 0.222. The van der Waals surface area contributed by atoms with Crippen LogP contribution in [-0.2, 0) is 16.1 Å². The van der Waals surface area contributed by atoms with Crippen LogP contribution in [0.15, 0.2) is 59.1 Å². The van der Waals surface area contributed by atoms with Crippen LogP contribution < -0.4 is 0 Å². The third-order valence-electron chi connectivity index (χ3n) is 3.34. The number of carbonyl (C=O) groups is 2. The van der Waals surface area contributed by atoms with E-state index in [0.29, 0.717) is 18.7 Å². The van der Waals surface area contributed by atoms with Gasteiger partial charge in [0.25, 0.3) is 5.91 Å². The van der Waals surface area contributed by atoms with Crippen molar-refractivity contribution in [2.45, 2.75) is 13.5 Å². The van der Waals surface area contributed by atoms with E-state index >= 15 is 0 Å². The molecule has 2 aromatic carbocycles. The highest BCUT2D eigenvalue weighted by Crippen LogP contribution is 2.12. The lowest BCUT2D eigenvalue weighted by Crippen LogP contribution is -2.34. The van der Waals surface area contributed by atoms with Gasteiger partial charge >= 0.3 is 5.97 Å². The first kappa shape index (κ1) is 17.2. The zero-order valence-corrected chi connectivity index (χ0v) is 14.5. The second-order valence-electron chi connectivity index (χ2n) is 4.98. The van der Waals surface area contributed by atoms with Gasteiger partial charge < -0.3 is 9.64 Å². The van der Waals surface area contributed by atoms with Gasteiger partial charge in [-0.25, -0.2) is 4.79 Å². The van der Waals surface area contributed by atoms with Crippen LogP contribution in [0.25, 0.3) is 0 Å². The van der Waals surface area contributed by atoms with Crippen molar-refractivity contribution in [3.63, 3.8) is 0 Å². The van der Waals surface area contributed by atoms with Gasteiger partial charge in [-0.05, 0) is 30.7 Å². The third kappa shape index (κ3) is 5.21. The fourth-order valence-electron chi connectivity index (χ4n) is 2.10. The smallest absolute Gasteiger partial charge is 0.338 e. The minimum atomic E-state index is -0.504. The molecule has 4 nitrogen and oxygen atoms in total. The van der Waals surface area contributed by atoms with Gasteiger partial charge in [0.1, 0.15) is 0 Å². The second kappa shape index (κ2) is 8.48. The van der Waals surface area contributed by atoms with E-state index in [4.69, 9.17) is 4.74 Å². The maximum atomic E-state index is 12.2. The van der Waals surface area contributed by atoms with Crippen LogP contribution in [-0.4, -0.2) is 29.9 Å². The highest BCUT2D eigenvalue weighted by Gasteiger charge is 2.15. The van der Waals surface area contributed by atoms with Gasteiger partial charge in [0.15, 0.2) is 6.61 Å². The van der Waals surface area contributed by atoms with E-state index in [-0.39, 0.29) is 12.5 Å². The SMILES string of the molecule is CCN(Cc1ccccc1)C(=O)COC(=O)c1cccc(Br)c1. The Morgan fingerprint density at radius 1 is 1.09 bits per heavy atom. The first-order valence-electron chi connectivity index (χ1n) is 7.34. The monoisotopic (exact) mass is 375 g/mol. The maximum Gasteiger partial charge on any atom is 0.338 e. The molecule has 0 atom stereocenters. The Balaban J connectivity index is 1.91. The van der Waals surface area contributed by atoms with Crippen LogP contribution in [0.5, 0.6) is 0 Å². The molecule has 2 rings (SSSR count). The van der Waals surface area contributed by atoms with Crippen molar-refractivity contribution < 1.29 is 14.3 Å². The third-order valence-corrected chi connectivity index (χ3v) is 3.83. The molecule has 0 N–H and O–H groups in total. The summed E-state index contributed by atoms with van der Waals surface area (Å²) >= 11 is 3.30. The zero-order valence-electron chi connectivity index (χ0n) is 12.9. The van der Waals surface area contributed by atoms with Crippen molar-refractivity contribution >= 4 is 27.8 Å². The van der Waals surface area contributed by atoms with Crippen LogP contribution in [0.1, 0.15) is 22.8 Å². The molecule has 0 radical (unpaired) electrons. The Hall–Kier alpha value is -2.14. The lowest BCUT2D eigenvalue weighted by Gasteiger charge is -2.20. The molecule has 0 fully saturated rings. The van der Waals surface area contributed by atoms with Crippen molar-refractivity contribution in [2.24, 2.45) is 0 Å². The molecular weight excluding hydrogens is 358 g/mol. The van der Waals surface area contributed by atoms with Gasteiger partial charge in [0, 0.05) is 17.6 Å². The summed E-state index contributed by atoms with van der Waals surface area (Å²) in [5.41, 5.74) is 1.46. The van der Waals surface area contributed by atoms with Gasteiger partial charge in [-0.2, -0.15) is 0 Å². The van der Waals surface area contributed by atoms with Crippen molar-refractivity contribution in [1.82, 2.24) is 4.90 Å². The molecule has 0 aliphatic carbocycles. The maximum absolute atomic E-state index is 12.2. The second-order valence-corrected chi connectivity index (χ2v) is 5.90. The standard InChI is InChI=1S/C18H18BrNO3/c1-2-20(12-14-7-4-3-5-8-14)17(21)13-23-18(22)15-9-6-10-16(19)11-15/h3-11H,2,12-13H2,1H3. The summed E-state index contributed by atoms with van der Waals surface area (Å²) in [6, 6.07) is 16.6. The van der Waals surface area contributed by atoms with Gasteiger partial charge in [-0.1, -0.05) is 52.3 Å². The molecule has 0 aliphatic rings. The van der Waals surface area contributed by atoms with E-state index in [1.165, 1.54) is 0 Å². The highest BCUT2D eigenvalue weighted by atomic mass is 79.9. The van der Waals surface area contributed by atoms with Crippen molar-refractivity contribution in [3.05, 3.63) is 70.2 Å². The van der Waals surface area contributed by atoms with Crippen molar-refractivity contribution in [3.8, 4) is 0 Å². The summed E-state index contributed by atoms with van der Waals surface area (Å²) in [6.07, 6.45) is 0. The van der Waals surface area contributed by atoms with Crippen LogP contribution in [0.4, 0.5) is 0 Å². The molecule has 0 saturated carbocycles. The zero-order chi connectivity index (χ0) is 16.7. The fourth-order valence-corrected chi connectivity index (χ4v) is 2.50. The summed E-state index contributed by atoms with van der Waals surface area (Å²) in [5.74, 6) is -0.713.